The van der Waals surface area contributed by atoms with Gasteiger partial charge >= 0.3 is 0 Å². The summed E-state index contributed by atoms with van der Waals surface area (Å²) in [6.07, 6.45) is 2.28. The lowest BCUT2D eigenvalue weighted by Crippen LogP contribution is -2.33. The summed E-state index contributed by atoms with van der Waals surface area (Å²) < 4.78 is 7.44. The molecule has 1 aromatic carbocycles. The smallest absolute Gasteiger partial charge is 0.232 e. The van der Waals surface area contributed by atoms with Crippen LogP contribution in [0.3, 0.4) is 0 Å². The Balaban J connectivity index is 1.60. The van der Waals surface area contributed by atoms with Crippen molar-refractivity contribution < 1.29 is 9.53 Å². The summed E-state index contributed by atoms with van der Waals surface area (Å²) >= 11 is 6.09. The predicted octanol–water partition coefficient (Wildman–Crippen LogP) is 4.41. The number of amides is 1. The maximum atomic E-state index is 13.0. The summed E-state index contributed by atoms with van der Waals surface area (Å²) in [5.74, 6) is 1.59. The number of rotatable bonds is 3. The van der Waals surface area contributed by atoms with E-state index in [4.69, 9.17) is 16.3 Å². The molecule has 29 heavy (non-hydrogen) atoms. The zero-order chi connectivity index (χ0) is 20.6. The molecule has 0 radical (unpaired) electrons. The number of ether oxygens (including phenoxy) is 1. The van der Waals surface area contributed by atoms with Crippen molar-refractivity contribution in [3.8, 4) is 11.6 Å². The van der Waals surface area contributed by atoms with Gasteiger partial charge in [-0.05, 0) is 42.3 Å². The average Bonchev–Trinajstić information content (AvgIpc) is 3.12. The third kappa shape index (κ3) is 4.12. The highest BCUT2D eigenvalue weighted by molar-refractivity contribution is 6.30. The van der Waals surface area contributed by atoms with E-state index >= 15 is 0 Å². The van der Waals surface area contributed by atoms with Crippen LogP contribution in [-0.2, 0) is 16.6 Å². The molecule has 0 aliphatic carbocycles. The first-order chi connectivity index (χ1) is 13.8. The lowest BCUT2D eigenvalue weighted by Gasteiger charge is -2.24. The lowest BCUT2D eigenvalue weighted by molar-refractivity contribution is -0.121. The third-order valence-corrected chi connectivity index (χ3v) is 5.13. The number of hydrogen-bond acceptors (Lipinski definition) is 4. The molecule has 0 fully saturated rings. The monoisotopic (exact) mass is 410 g/mol. The van der Waals surface area contributed by atoms with Gasteiger partial charge in [0, 0.05) is 22.7 Å². The van der Waals surface area contributed by atoms with E-state index in [2.05, 4.69) is 36.2 Å². The Morgan fingerprint density at radius 1 is 1.24 bits per heavy atom. The van der Waals surface area contributed by atoms with E-state index in [0.29, 0.717) is 29.7 Å². The van der Waals surface area contributed by atoms with Crippen molar-refractivity contribution in [3.63, 3.8) is 0 Å². The topological polar surface area (TPSA) is 69.0 Å². The van der Waals surface area contributed by atoms with Gasteiger partial charge in [-0.15, -0.1) is 0 Å². The Hall–Kier alpha value is -2.86. The highest BCUT2D eigenvalue weighted by Gasteiger charge is 2.28. The van der Waals surface area contributed by atoms with Gasteiger partial charge in [-0.2, -0.15) is 9.78 Å². The van der Waals surface area contributed by atoms with Crippen LogP contribution in [0.4, 0.5) is 5.82 Å². The van der Waals surface area contributed by atoms with Crippen LogP contribution in [0, 0.1) is 5.92 Å². The number of carbonyl (C=O) groups excluding carboxylic acids is 1. The average molecular weight is 411 g/mol. The molecule has 0 saturated heterocycles. The molecule has 3 heterocycles. The normalized spacial score (nSPS) is 16.1. The van der Waals surface area contributed by atoms with Crippen molar-refractivity contribution in [1.29, 1.82) is 0 Å². The molecule has 1 unspecified atom stereocenters. The standard InChI is InChI=1S/C22H23ClN4O2/c1-22(2,3)18-12-20(27(26-18)19-6-4-5-9-24-19)25-21(28)15-10-14-11-16(23)7-8-17(14)29-13-15/h4-9,11-12,15H,10,13H2,1-3H3,(H,25,28). The number of hydrogen-bond donors (Lipinski definition) is 1. The first-order valence-electron chi connectivity index (χ1n) is 9.55. The number of fused-ring (bicyclic) bond motifs is 1. The van der Waals surface area contributed by atoms with Gasteiger partial charge < -0.3 is 10.1 Å². The summed E-state index contributed by atoms with van der Waals surface area (Å²) in [6, 6.07) is 13.0. The van der Waals surface area contributed by atoms with Gasteiger partial charge in [0.05, 0.1) is 11.6 Å². The fourth-order valence-corrected chi connectivity index (χ4v) is 3.44. The van der Waals surface area contributed by atoms with Crippen LogP contribution >= 0.6 is 11.6 Å². The Bertz CT molecular complexity index is 1040. The van der Waals surface area contributed by atoms with E-state index in [1.54, 1.807) is 16.9 Å². The van der Waals surface area contributed by atoms with Crippen LogP contribution in [0.5, 0.6) is 5.75 Å². The molecule has 0 spiro atoms. The van der Waals surface area contributed by atoms with Crippen molar-refractivity contribution in [2.75, 3.05) is 11.9 Å². The summed E-state index contributed by atoms with van der Waals surface area (Å²) in [7, 11) is 0. The highest BCUT2D eigenvalue weighted by atomic mass is 35.5. The predicted molar refractivity (Wildman–Crippen MR) is 113 cm³/mol. The van der Waals surface area contributed by atoms with Crippen LogP contribution in [0.15, 0.2) is 48.7 Å². The van der Waals surface area contributed by atoms with E-state index in [-0.39, 0.29) is 17.2 Å². The number of benzene rings is 1. The Morgan fingerprint density at radius 3 is 2.79 bits per heavy atom. The second-order valence-corrected chi connectivity index (χ2v) is 8.65. The molecular weight excluding hydrogens is 388 g/mol. The molecule has 1 aliphatic heterocycles. The van der Waals surface area contributed by atoms with Crippen molar-refractivity contribution in [2.45, 2.75) is 32.6 Å². The molecule has 1 aliphatic rings. The number of pyridine rings is 1. The first-order valence-corrected chi connectivity index (χ1v) is 9.93. The van der Waals surface area contributed by atoms with Crippen LogP contribution in [0.2, 0.25) is 5.02 Å². The summed E-state index contributed by atoms with van der Waals surface area (Å²) in [5.41, 5.74) is 1.65. The maximum Gasteiger partial charge on any atom is 0.232 e. The minimum atomic E-state index is -0.314. The molecule has 1 amide bonds. The van der Waals surface area contributed by atoms with Gasteiger partial charge in [0.15, 0.2) is 5.82 Å². The molecule has 1 atom stereocenters. The number of carbonyl (C=O) groups is 1. The number of aromatic nitrogens is 3. The van der Waals surface area contributed by atoms with E-state index < -0.39 is 0 Å². The van der Waals surface area contributed by atoms with Crippen molar-refractivity contribution in [2.24, 2.45) is 5.92 Å². The summed E-state index contributed by atoms with van der Waals surface area (Å²) in [5, 5.41) is 8.35. The molecule has 7 heteroatoms. The first kappa shape index (κ1) is 19.5. The molecule has 4 rings (SSSR count). The molecule has 150 valence electrons. The summed E-state index contributed by atoms with van der Waals surface area (Å²) in [6.45, 7) is 6.57. The molecule has 0 bridgehead atoms. The van der Waals surface area contributed by atoms with Crippen LogP contribution in [0.1, 0.15) is 32.0 Å². The van der Waals surface area contributed by atoms with Gasteiger partial charge in [0.25, 0.3) is 0 Å². The van der Waals surface area contributed by atoms with Crippen molar-refractivity contribution >= 4 is 23.3 Å². The molecule has 1 N–H and O–H groups in total. The van der Waals surface area contributed by atoms with Gasteiger partial charge in [0.2, 0.25) is 5.91 Å². The van der Waals surface area contributed by atoms with E-state index in [9.17, 15) is 4.79 Å². The number of nitrogens with zero attached hydrogens (tertiary/aromatic N) is 3. The molecule has 6 nitrogen and oxygen atoms in total. The molecule has 2 aromatic heterocycles. The van der Waals surface area contributed by atoms with E-state index in [1.165, 1.54) is 0 Å². The molecular formula is C22H23ClN4O2. The minimum absolute atomic E-state index is 0.117. The lowest BCUT2D eigenvalue weighted by atomic mass is 9.92. The number of nitrogens with one attached hydrogen (secondary N) is 1. The van der Waals surface area contributed by atoms with Gasteiger partial charge in [-0.25, -0.2) is 4.98 Å². The fourth-order valence-electron chi connectivity index (χ4n) is 3.25. The van der Waals surface area contributed by atoms with Crippen LogP contribution in [0.25, 0.3) is 5.82 Å². The van der Waals surface area contributed by atoms with Crippen LogP contribution < -0.4 is 10.1 Å². The van der Waals surface area contributed by atoms with Crippen LogP contribution in [-0.4, -0.2) is 27.3 Å². The maximum absolute atomic E-state index is 13.0. The van der Waals surface area contributed by atoms with Gasteiger partial charge in [-0.3, -0.25) is 4.79 Å². The SMILES string of the molecule is CC(C)(C)c1cc(NC(=O)C2COc3ccc(Cl)cc3C2)n(-c2ccccn2)n1. The Labute approximate surface area is 174 Å². The minimum Gasteiger partial charge on any atom is -0.492 e. The molecule has 0 saturated carbocycles. The van der Waals surface area contributed by atoms with E-state index in [0.717, 1.165) is 17.0 Å². The van der Waals surface area contributed by atoms with Crippen molar-refractivity contribution in [1.82, 2.24) is 14.8 Å². The molecule has 3 aromatic rings. The Kier molecular flexibility index (Phi) is 5.04. The second-order valence-electron chi connectivity index (χ2n) is 8.22. The highest BCUT2D eigenvalue weighted by Crippen LogP contribution is 2.31. The summed E-state index contributed by atoms with van der Waals surface area (Å²) in [4.78, 5) is 17.4. The zero-order valence-electron chi connectivity index (χ0n) is 16.6. The largest absolute Gasteiger partial charge is 0.492 e. The third-order valence-electron chi connectivity index (χ3n) is 4.89. The number of anilines is 1. The quantitative estimate of drug-likeness (QED) is 0.694. The Morgan fingerprint density at radius 2 is 2.07 bits per heavy atom. The van der Waals surface area contributed by atoms with Gasteiger partial charge in [0.1, 0.15) is 18.2 Å². The zero-order valence-corrected chi connectivity index (χ0v) is 17.4. The van der Waals surface area contributed by atoms with Crippen molar-refractivity contribution in [3.05, 3.63) is 64.9 Å². The second kappa shape index (κ2) is 7.52. The van der Waals surface area contributed by atoms with E-state index in [1.807, 2.05) is 36.4 Å². The number of halogens is 1. The van der Waals surface area contributed by atoms with Gasteiger partial charge in [-0.1, -0.05) is 38.4 Å². The fraction of sp³-hybridized carbons (Fsp3) is 0.318.